The molecule has 4 heterocycles. The molecule has 6 rings (SSSR count). The number of aryl methyl sites for hydroxylation is 1. The van der Waals surface area contributed by atoms with E-state index in [0.717, 1.165) is 58.9 Å². The number of para-hydroxylation sites is 1. The molecule has 4 atom stereocenters. The topological polar surface area (TPSA) is 65.4 Å². The highest BCUT2D eigenvalue weighted by Gasteiger charge is 2.34. The largest absolute Gasteiger partial charge is 0.373 e. The minimum Gasteiger partial charge on any atom is -0.373 e. The standard InChI is InChI=1S/C27H34N2O4/c1-17-5-3-4-6-26(17)28-16-29(11-23-15-33-23)27-8-19(7-20-12-30-20)25(10-22-14-32-22)24(18(27)2)9-21-13-31-21/h3-6,8,20-23,28H,7,9-16H2,1-2H3. The Morgan fingerprint density at radius 2 is 1.42 bits per heavy atom. The molecule has 2 aromatic rings. The van der Waals surface area contributed by atoms with E-state index in [9.17, 15) is 0 Å². The summed E-state index contributed by atoms with van der Waals surface area (Å²) >= 11 is 0. The van der Waals surface area contributed by atoms with Gasteiger partial charge in [-0.3, -0.25) is 0 Å². The summed E-state index contributed by atoms with van der Waals surface area (Å²) in [4.78, 5) is 2.46. The van der Waals surface area contributed by atoms with Gasteiger partial charge in [-0.15, -0.1) is 0 Å². The van der Waals surface area contributed by atoms with Crippen molar-refractivity contribution in [1.82, 2.24) is 0 Å². The molecule has 0 aromatic heterocycles. The van der Waals surface area contributed by atoms with E-state index in [-0.39, 0.29) is 0 Å². The third kappa shape index (κ3) is 5.35. The lowest BCUT2D eigenvalue weighted by atomic mass is 9.87. The molecule has 4 unspecified atom stereocenters. The second kappa shape index (κ2) is 8.91. The quantitative estimate of drug-likeness (QED) is 0.395. The number of benzene rings is 2. The Bertz CT molecular complexity index is 1010. The molecule has 33 heavy (non-hydrogen) atoms. The van der Waals surface area contributed by atoms with E-state index in [1.165, 1.54) is 39.2 Å². The van der Waals surface area contributed by atoms with Gasteiger partial charge in [0.15, 0.2) is 0 Å². The summed E-state index contributed by atoms with van der Waals surface area (Å²) < 4.78 is 22.6. The summed E-state index contributed by atoms with van der Waals surface area (Å²) in [6.45, 7) is 9.55. The Kier molecular flexibility index (Phi) is 5.78. The first-order valence-electron chi connectivity index (χ1n) is 12.3. The third-order valence-electron chi connectivity index (χ3n) is 7.19. The predicted molar refractivity (Wildman–Crippen MR) is 128 cm³/mol. The van der Waals surface area contributed by atoms with Crippen molar-refractivity contribution in [2.45, 2.75) is 57.5 Å². The van der Waals surface area contributed by atoms with Crippen molar-refractivity contribution in [2.75, 3.05) is 49.9 Å². The molecule has 2 aromatic carbocycles. The van der Waals surface area contributed by atoms with E-state index >= 15 is 0 Å². The van der Waals surface area contributed by atoms with E-state index in [4.69, 9.17) is 18.9 Å². The van der Waals surface area contributed by atoms with Gasteiger partial charge in [0.25, 0.3) is 0 Å². The van der Waals surface area contributed by atoms with Crippen LogP contribution in [0.4, 0.5) is 11.4 Å². The van der Waals surface area contributed by atoms with Crippen LogP contribution >= 0.6 is 0 Å². The van der Waals surface area contributed by atoms with Crippen molar-refractivity contribution in [3.8, 4) is 0 Å². The normalized spacial score (nSPS) is 26.7. The molecule has 0 aliphatic carbocycles. The number of hydrogen-bond donors (Lipinski definition) is 1. The van der Waals surface area contributed by atoms with E-state index in [1.54, 1.807) is 0 Å². The highest BCUT2D eigenvalue weighted by Crippen LogP contribution is 2.37. The van der Waals surface area contributed by atoms with Crippen LogP contribution < -0.4 is 10.2 Å². The Morgan fingerprint density at radius 3 is 2.06 bits per heavy atom. The number of ether oxygens (including phenoxy) is 4. The molecule has 0 saturated carbocycles. The van der Waals surface area contributed by atoms with Gasteiger partial charge >= 0.3 is 0 Å². The van der Waals surface area contributed by atoms with Crippen LogP contribution in [0.3, 0.4) is 0 Å². The molecule has 0 bridgehead atoms. The summed E-state index contributed by atoms with van der Waals surface area (Å²) in [5.41, 5.74) is 9.46. The molecule has 176 valence electrons. The average Bonchev–Trinajstić information content (AvgIpc) is 3.59. The summed E-state index contributed by atoms with van der Waals surface area (Å²) in [7, 11) is 0. The van der Waals surface area contributed by atoms with E-state index < -0.39 is 0 Å². The van der Waals surface area contributed by atoms with Gasteiger partial charge in [0, 0.05) is 37.2 Å². The molecule has 4 saturated heterocycles. The molecule has 4 aliphatic rings. The highest BCUT2D eigenvalue weighted by atomic mass is 16.6. The van der Waals surface area contributed by atoms with Gasteiger partial charge in [0.2, 0.25) is 0 Å². The van der Waals surface area contributed by atoms with E-state index in [2.05, 4.69) is 54.4 Å². The summed E-state index contributed by atoms with van der Waals surface area (Å²) in [5.74, 6) is 0. The molecular formula is C27H34N2O4. The van der Waals surface area contributed by atoms with E-state index in [1.807, 2.05) is 0 Å². The summed E-state index contributed by atoms with van der Waals surface area (Å²) in [6.07, 6.45) is 4.35. The van der Waals surface area contributed by atoms with Crippen molar-refractivity contribution in [1.29, 1.82) is 0 Å². The minimum absolute atomic E-state index is 0.313. The molecule has 0 amide bonds. The van der Waals surface area contributed by atoms with Crippen molar-refractivity contribution in [3.05, 3.63) is 58.1 Å². The number of anilines is 2. The van der Waals surface area contributed by atoms with Gasteiger partial charge < -0.3 is 29.2 Å². The third-order valence-corrected chi connectivity index (χ3v) is 7.19. The fourth-order valence-corrected chi connectivity index (χ4v) is 4.85. The van der Waals surface area contributed by atoms with Gasteiger partial charge in [-0.25, -0.2) is 0 Å². The van der Waals surface area contributed by atoms with Crippen LogP contribution in [0.1, 0.15) is 27.8 Å². The second-order valence-corrected chi connectivity index (χ2v) is 9.94. The van der Waals surface area contributed by atoms with Crippen LogP contribution in [0.25, 0.3) is 0 Å². The fraction of sp³-hybridized carbons (Fsp3) is 0.556. The van der Waals surface area contributed by atoms with Gasteiger partial charge in [-0.1, -0.05) is 18.2 Å². The number of nitrogens with one attached hydrogen (secondary N) is 1. The van der Waals surface area contributed by atoms with Crippen LogP contribution in [0.5, 0.6) is 0 Å². The highest BCUT2D eigenvalue weighted by molar-refractivity contribution is 5.63. The minimum atomic E-state index is 0.313. The van der Waals surface area contributed by atoms with Crippen LogP contribution in [0.2, 0.25) is 0 Å². The Balaban J connectivity index is 1.35. The van der Waals surface area contributed by atoms with Gasteiger partial charge in [-0.05, 0) is 53.8 Å². The van der Waals surface area contributed by atoms with Crippen LogP contribution in [0, 0.1) is 13.8 Å². The predicted octanol–water partition coefficient (Wildman–Crippen LogP) is 3.40. The Morgan fingerprint density at radius 1 is 0.818 bits per heavy atom. The second-order valence-electron chi connectivity index (χ2n) is 9.94. The van der Waals surface area contributed by atoms with Gasteiger partial charge in [0.1, 0.15) is 0 Å². The Hall–Kier alpha value is -2.12. The molecule has 1 N–H and O–H groups in total. The monoisotopic (exact) mass is 450 g/mol. The first-order valence-corrected chi connectivity index (χ1v) is 12.3. The zero-order chi connectivity index (χ0) is 22.4. The zero-order valence-corrected chi connectivity index (χ0v) is 19.6. The lowest BCUT2D eigenvalue weighted by Crippen LogP contribution is -2.34. The van der Waals surface area contributed by atoms with Gasteiger partial charge in [0.05, 0.1) is 57.5 Å². The number of hydrogen-bond acceptors (Lipinski definition) is 6. The maximum atomic E-state index is 5.67. The molecule has 6 heteroatoms. The molecule has 0 radical (unpaired) electrons. The first-order chi connectivity index (χ1) is 16.1. The van der Waals surface area contributed by atoms with Crippen LogP contribution in [-0.2, 0) is 38.2 Å². The Labute approximate surface area is 196 Å². The van der Waals surface area contributed by atoms with Crippen LogP contribution in [-0.4, -0.2) is 64.1 Å². The molecule has 0 spiro atoms. The van der Waals surface area contributed by atoms with E-state index in [0.29, 0.717) is 24.4 Å². The smallest absolute Gasteiger partial charge is 0.0984 e. The number of epoxide rings is 4. The average molecular weight is 451 g/mol. The lowest BCUT2D eigenvalue weighted by molar-refractivity contribution is 0.397. The van der Waals surface area contributed by atoms with Crippen molar-refractivity contribution in [2.24, 2.45) is 0 Å². The maximum absolute atomic E-state index is 5.67. The van der Waals surface area contributed by atoms with Crippen molar-refractivity contribution < 1.29 is 18.9 Å². The number of nitrogens with zero attached hydrogens (tertiary/aromatic N) is 1. The van der Waals surface area contributed by atoms with Crippen molar-refractivity contribution in [3.63, 3.8) is 0 Å². The summed E-state index contributed by atoms with van der Waals surface area (Å²) in [5, 5.41) is 3.67. The molecule has 4 aliphatic heterocycles. The number of rotatable bonds is 12. The lowest BCUT2D eigenvalue weighted by Gasteiger charge is -2.30. The summed E-state index contributed by atoms with van der Waals surface area (Å²) in [6, 6.07) is 10.9. The van der Waals surface area contributed by atoms with Gasteiger partial charge in [-0.2, -0.15) is 0 Å². The van der Waals surface area contributed by atoms with Crippen LogP contribution in [0.15, 0.2) is 30.3 Å². The molecule has 4 fully saturated rings. The van der Waals surface area contributed by atoms with Crippen molar-refractivity contribution >= 4 is 11.4 Å². The maximum Gasteiger partial charge on any atom is 0.0984 e. The molecular weight excluding hydrogens is 416 g/mol. The zero-order valence-electron chi connectivity index (χ0n) is 19.6. The fourth-order valence-electron chi connectivity index (χ4n) is 4.85. The molecule has 6 nitrogen and oxygen atoms in total. The SMILES string of the molecule is Cc1ccccc1NCN(CC1CO1)c1cc(CC2CO2)c(CC2CO2)c(CC2CO2)c1C. The first kappa shape index (κ1) is 21.4.